The SMILES string of the molecule is CS(=O)(=O)c1ccc2c(c1)C1(CCN(C(=O)O)CC1)CN2c1ncnc2[nH]ccc12. The molecule has 0 unspecified atom stereocenters. The molecule has 0 aliphatic carbocycles. The van der Waals surface area contributed by atoms with E-state index < -0.39 is 15.9 Å². The molecule has 3 aromatic rings. The molecule has 0 bridgehead atoms. The van der Waals surface area contributed by atoms with Crippen LogP contribution >= 0.6 is 0 Å². The minimum atomic E-state index is -3.37. The Morgan fingerprint density at radius 2 is 1.97 bits per heavy atom. The van der Waals surface area contributed by atoms with Gasteiger partial charge in [-0.25, -0.2) is 23.2 Å². The van der Waals surface area contributed by atoms with Crippen molar-refractivity contribution in [2.45, 2.75) is 23.2 Å². The molecular weight excluding hydrogens is 406 g/mol. The third-order valence-corrected chi connectivity index (χ3v) is 7.41. The second kappa shape index (κ2) is 6.43. The van der Waals surface area contributed by atoms with E-state index in [0.29, 0.717) is 32.5 Å². The maximum Gasteiger partial charge on any atom is 0.407 e. The molecule has 2 aromatic heterocycles. The van der Waals surface area contributed by atoms with Crippen molar-refractivity contribution in [3.05, 3.63) is 42.4 Å². The van der Waals surface area contributed by atoms with E-state index in [9.17, 15) is 18.3 Å². The van der Waals surface area contributed by atoms with Crippen LogP contribution in [0.3, 0.4) is 0 Å². The molecule has 9 nitrogen and oxygen atoms in total. The maximum atomic E-state index is 12.2. The molecule has 0 saturated carbocycles. The lowest BCUT2D eigenvalue weighted by molar-refractivity contribution is 0.119. The van der Waals surface area contributed by atoms with Crippen molar-refractivity contribution in [2.75, 3.05) is 30.8 Å². The number of piperidine rings is 1. The zero-order chi connectivity index (χ0) is 21.1. The molecule has 0 atom stereocenters. The number of nitrogens with one attached hydrogen (secondary N) is 1. The van der Waals surface area contributed by atoms with E-state index in [1.807, 2.05) is 18.3 Å². The Balaban J connectivity index is 1.65. The molecule has 1 fully saturated rings. The van der Waals surface area contributed by atoms with E-state index in [-0.39, 0.29) is 10.3 Å². The summed E-state index contributed by atoms with van der Waals surface area (Å²) in [4.78, 5) is 27.1. The van der Waals surface area contributed by atoms with Gasteiger partial charge in [-0.3, -0.25) is 0 Å². The Morgan fingerprint density at radius 1 is 1.20 bits per heavy atom. The molecule has 1 amide bonds. The lowest BCUT2D eigenvalue weighted by atomic mass is 9.74. The molecule has 1 spiro atoms. The van der Waals surface area contributed by atoms with Gasteiger partial charge in [0.2, 0.25) is 0 Å². The van der Waals surface area contributed by atoms with Gasteiger partial charge >= 0.3 is 6.09 Å². The van der Waals surface area contributed by atoms with Crippen molar-refractivity contribution in [2.24, 2.45) is 0 Å². The Hall–Kier alpha value is -3.14. The van der Waals surface area contributed by atoms with Crippen LogP contribution in [0.4, 0.5) is 16.3 Å². The molecular formula is C20H21N5O4S. The smallest absolute Gasteiger partial charge is 0.407 e. The number of rotatable bonds is 2. The van der Waals surface area contributed by atoms with Crippen LogP contribution in [0.2, 0.25) is 0 Å². The standard InChI is InChI=1S/C20H21N5O4S/c1-30(28,29)13-2-3-16-15(10-13)20(5-8-24(9-6-20)19(26)27)11-25(16)18-14-4-7-21-17(14)22-12-23-18/h2-4,7,10,12H,5-6,8-9,11H2,1H3,(H,26,27)(H,21,22,23). The van der Waals surface area contributed by atoms with Gasteiger partial charge in [-0.2, -0.15) is 0 Å². The van der Waals surface area contributed by atoms with E-state index in [2.05, 4.69) is 19.9 Å². The predicted octanol–water partition coefficient (Wildman–Crippen LogP) is 2.52. The number of likely N-dealkylation sites (tertiary alicyclic amines) is 1. The van der Waals surface area contributed by atoms with Gasteiger partial charge in [0.05, 0.1) is 10.3 Å². The molecule has 4 heterocycles. The van der Waals surface area contributed by atoms with Crippen molar-refractivity contribution in [3.63, 3.8) is 0 Å². The zero-order valence-electron chi connectivity index (χ0n) is 16.4. The summed E-state index contributed by atoms with van der Waals surface area (Å²) in [6.07, 6.45) is 4.85. The predicted molar refractivity (Wildman–Crippen MR) is 111 cm³/mol. The maximum absolute atomic E-state index is 12.2. The lowest BCUT2D eigenvalue weighted by Crippen LogP contribution is -2.46. The van der Waals surface area contributed by atoms with Crippen LogP contribution in [0, 0.1) is 0 Å². The molecule has 10 heteroatoms. The Labute approximate surface area is 173 Å². The molecule has 1 saturated heterocycles. The largest absolute Gasteiger partial charge is 0.465 e. The first-order chi connectivity index (χ1) is 14.3. The molecule has 1 aromatic carbocycles. The number of anilines is 2. The number of fused-ring (bicyclic) bond motifs is 3. The van der Waals surface area contributed by atoms with Crippen LogP contribution in [-0.4, -0.2) is 65.4 Å². The van der Waals surface area contributed by atoms with Crippen LogP contribution in [0.1, 0.15) is 18.4 Å². The summed E-state index contributed by atoms with van der Waals surface area (Å²) in [5.74, 6) is 0.757. The van der Waals surface area contributed by atoms with Gasteiger partial charge in [0.15, 0.2) is 9.84 Å². The number of benzene rings is 1. The van der Waals surface area contributed by atoms with Crippen LogP contribution in [0.15, 0.2) is 41.7 Å². The number of carboxylic acid groups (broad SMARTS) is 1. The average molecular weight is 427 g/mol. The number of H-pyrrole nitrogens is 1. The highest BCUT2D eigenvalue weighted by atomic mass is 32.2. The molecule has 2 aliphatic heterocycles. The monoisotopic (exact) mass is 427 g/mol. The van der Waals surface area contributed by atoms with Gasteiger partial charge in [-0.05, 0) is 42.7 Å². The van der Waals surface area contributed by atoms with E-state index in [0.717, 1.165) is 28.1 Å². The van der Waals surface area contributed by atoms with E-state index in [1.165, 1.54) is 17.5 Å². The topological polar surface area (TPSA) is 119 Å². The van der Waals surface area contributed by atoms with Crippen LogP contribution < -0.4 is 4.90 Å². The first-order valence-electron chi connectivity index (χ1n) is 9.67. The first-order valence-corrected chi connectivity index (χ1v) is 11.6. The molecule has 2 N–H and O–H groups in total. The molecule has 2 aliphatic rings. The van der Waals surface area contributed by atoms with E-state index in [4.69, 9.17) is 0 Å². The van der Waals surface area contributed by atoms with Crippen molar-refractivity contribution < 1.29 is 18.3 Å². The normalized spacial score (nSPS) is 18.2. The van der Waals surface area contributed by atoms with Crippen molar-refractivity contribution in [1.82, 2.24) is 19.9 Å². The number of aromatic amines is 1. The van der Waals surface area contributed by atoms with Gasteiger partial charge in [-0.15, -0.1) is 0 Å². The van der Waals surface area contributed by atoms with E-state index in [1.54, 1.807) is 12.1 Å². The van der Waals surface area contributed by atoms with Crippen molar-refractivity contribution >= 4 is 38.5 Å². The van der Waals surface area contributed by atoms with Gasteiger partial charge < -0.3 is 19.9 Å². The summed E-state index contributed by atoms with van der Waals surface area (Å²) >= 11 is 0. The zero-order valence-corrected chi connectivity index (χ0v) is 17.2. The summed E-state index contributed by atoms with van der Waals surface area (Å²) in [5, 5.41) is 10.2. The third-order valence-electron chi connectivity index (χ3n) is 6.30. The lowest BCUT2D eigenvalue weighted by Gasteiger charge is -2.38. The second-order valence-electron chi connectivity index (χ2n) is 8.02. The van der Waals surface area contributed by atoms with Crippen molar-refractivity contribution in [1.29, 1.82) is 0 Å². The summed E-state index contributed by atoms with van der Waals surface area (Å²) in [6, 6.07) is 7.15. The average Bonchev–Trinajstić information content (AvgIpc) is 3.31. The number of aromatic nitrogens is 3. The fraction of sp³-hybridized carbons (Fsp3) is 0.350. The summed E-state index contributed by atoms with van der Waals surface area (Å²) in [5.41, 5.74) is 2.25. The minimum absolute atomic E-state index is 0.276. The highest BCUT2D eigenvalue weighted by molar-refractivity contribution is 7.90. The fourth-order valence-electron chi connectivity index (χ4n) is 4.70. The number of nitrogens with zero attached hydrogens (tertiary/aromatic N) is 4. The van der Waals surface area contributed by atoms with Gasteiger partial charge in [-0.1, -0.05) is 0 Å². The van der Waals surface area contributed by atoms with Crippen molar-refractivity contribution in [3.8, 4) is 0 Å². The van der Waals surface area contributed by atoms with Gasteiger partial charge in [0, 0.05) is 43.2 Å². The van der Waals surface area contributed by atoms with Gasteiger partial charge in [0.1, 0.15) is 17.8 Å². The molecule has 0 radical (unpaired) electrons. The second-order valence-corrected chi connectivity index (χ2v) is 10.0. The van der Waals surface area contributed by atoms with Crippen LogP contribution in [-0.2, 0) is 15.3 Å². The molecule has 156 valence electrons. The van der Waals surface area contributed by atoms with E-state index >= 15 is 0 Å². The number of sulfone groups is 1. The Kier molecular flexibility index (Phi) is 4.04. The van der Waals surface area contributed by atoms with Gasteiger partial charge in [0.25, 0.3) is 0 Å². The summed E-state index contributed by atoms with van der Waals surface area (Å²) in [6.45, 7) is 1.43. The Bertz CT molecular complexity index is 1260. The third kappa shape index (κ3) is 2.82. The number of amides is 1. The fourth-order valence-corrected chi connectivity index (χ4v) is 5.34. The van der Waals surface area contributed by atoms with Crippen LogP contribution in [0.5, 0.6) is 0 Å². The number of hydrogen-bond acceptors (Lipinski definition) is 6. The summed E-state index contributed by atoms with van der Waals surface area (Å²) < 4.78 is 24.4. The Morgan fingerprint density at radius 3 is 2.67 bits per heavy atom. The highest BCUT2D eigenvalue weighted by Crippen LogP contribution is 2.50. The number of carbonyl (C=O) groups is 1. The molecule has 30 heavy (non-hydrogen) atoms. The van der Waals surface area contributed by atoms with Crippen LogP contribution in [0.25, 0.3) is 11.0 Å². The first kappa shape index (κ1) is 18.9. The minimum Gasteiger partial charge on any atom is -0.465 e. The summed E-state index contributed by atoms with van der Waals surface area (Å²) in [7, 11) is -3.37. The highest BCUT2D eigenvalue weighted by Gasteiger charge is 2.46. The quantitative estimate of drug-likeness (QED) is 0.645. The molecule has 5 rings (SSSR count). The number of hydrogen-bond donors (Lipinski definition) is 2.